The van der Waals surface area contributed by atoms with Gasteiger partial charge in [0.1, 0.15) is 0 Å². The largest absolute Gasteiger partial charge is 0.0845 e. The van der Waals surface area contributed by atoms with Crippen molar-refractivity contribution >= 4 is 0 Å². The lowest BCUT2D eigenvalue weighted by Crippen LogP contribution is -1.80. The average Bonchev–Trinajstić information content (AvgIpc) is 2.30. The van der Waals surface area contributed by atoms with Gasteiger partial charge in [-0.2, -0.15) is 0 Å². The Kier molecular flexibility index (Phi) is 0.126. The van der Waals surface area contributed by atoms with E-state index in [-0.39, 0.29) is 0 Å². The summed E-state index contributed by atoms with van der Waals surface area (Å²) in [5.74, 6) is 4.56. The van der Waals surface area contributed by atoms with Crippen LogP contribution in [0.25, 0.3) is 0 Å². The molecule has 2 saturated carbocycles. The minimum atomic E-state index is 1.09. The van der Waals surface area contributed by atoms with E-state index in [2.05, 4.69) is 12.2 Å². The molecule has 0 heterocycles. The zero-order chi connectivity index (χ0) is 3.72. The molecule has 0 heteroatoms. The lowest BCUT2D eigenvalue weighted by molar-refractivity contribution is 0.692. The molecule has 0 aliphatic heterocycles. The second-order valence-corrected chi connectivity index (χ2v) is 2.69. The van der Waals surface area contributed by atoms with Gasteiger partial charge in [-0.25, -0.2) is 0 Å². The predicted octanol–water partition coefficient (Wildman–Crippen LogP) is 1.05. The minimum Gasteiger partial charge on any atom is -0.0845 e. The summed E-state index contributed by atoms with van der Waals surface area (Å²) >= 11 is 0. The highest BCUT2D eigenvalue weighted by atomic mass is 14.8. The summed E-state index contributed by atoms with van der Waals surface area (Å²) < 4.78 is 0. The third-order valence-corrected chi connectivity index (χ3v) is 2.50. The molecular formula is C6H6. The van der Waals surface area contributed by atoms with Gasteiger partial charge in [0, 0.05) is 0 Å². The fourth-order valence-corrected chi connectivity index (χ4v) is 1.91. The molecule has 0 spiro atoms. The average molecular weight is 78.1 g/mol. The van der Waals surface area contributed by atoms with Crippen molar-refractivity contribution in [3.8, 4) is 0 Å². The molecule has 6 heavy (non-hydrogen) atoms. The van der Waals surface area contributed by atoms with Crippen LogP contribution in [-0.2, 0) is 0 Å². The molecule has 4 rings (SSSR count). The maximum absolute atomic E-state index is 2.39. The van der Waals surface area contributed by atoms with Crippen molar-refractivity contribution in [2.24, 2.45) is 23.7 Å². The SMILES string of the molecule is C1=CC2C3C1C23. The van der Waals surface area contributed by atoms with E-state index >= 15 is 0 Å². The third-order valence-electron chi connectivity index (χ3n) is 2.50. The maximum atomic E-state index is 2.39. The highest BCUT2D eigenvalue weighted by Gasteiger charge is 2.74. The van der Waals surface area contributed by atoms with Crippen molar-refractivity contribution in [2.45, 2.75) is 0 Å². The van der Waals surface area contributed by atoms with Gasteiger partial charge in [-0.05, 0) is 23.7 Å². The smallest absolute Gasteiger partial charge is 0.0159 e. The molecular weight excluding hydrogens is 72.1 g/mol. The first kappa shape index (κ1) is 2.15. The number of rotatable bonds is 0. The van der Waals surface area contributed by atoms with E-state index in [1.807, 2.05) is 0 Å². The Morgan fingerprint density at radius 2 is 1.33 bits per heavy atom. The zero-order valence-electron chi connectivity index (χ0n) is 3.46. The molecule has 30 valence electrons. The maximum Gasteiger partial charge on any atom is -0.0159 e. The molecule has 0 unspecified atom stereocenters. The summed E-state index contributed by atoms with van der Waals surface area (Å²) in [6.07, 6.45) is 4.78. The molecule has 0 radical (unpaired) electrons. The second-order valence-electron chi connectivity index (χ2n) is 2.69. The molecule has 0 amide bonds. The second kappa shape index (κ2) is 0.351. The summed E-state index contributed by atoms with van der Waals surface area (Å²) in [6, 6.07) is 0. The number of hydrogen-bond acceptors (Lipinski definition) is 0. The fourth-order valence-electron chi connectivity index (χ4n) is 1.91. The molecule has 0 aromatic rings. The van der Waals surface area contributed by atoms with E-state index in [1.54, 1.807) is 0 Å². The highest BCUT2D eigenvalue weighted by molar-refractivity contribution is 5.37. The van der Waals surface area contributed by atoms with Crippen LogP contribution in [0, 0.1) is 23.7 Å². The molecule has 0 atom stereocenters. The predicted molar refractivity (Wildman–Crippen MR) is 23.1 cm³/mol. The number of hydrogen-bond donors (Lipinski definition) is 0. The summed E-state index contributed by atoms with van der Waals surface area (Å²) in [5.41, 5.74) is 0. The first-order valence-corrected chi connectivity index (χ1v) is 2.67. The molecule has 2 fully saturated rings. The normalized spacial score (nSPS) is 77.3. The van der Waals surface area contributed by atoms with E-state index < -0.39 is 0 Å². The fraction of sp³-hybridized carbons (Fsp3) is 0.667. The third kappa shape index (κ3) is 0.0653. The van der Waals surface area contributed by atoms with Crippen LogP contribution in [0.15, 0.2) is 12.2 Å². The van der Waals surface area contributed by atoms with Crippen molar-refractivity contribution < 1.29 is 0 Å². The Hall–Kier alpha value is -0.260. The van der Waals surface area contributed by atoms with Crippen molar-refractivity contribution in [1.29, 1.82) is 0 Å². The molecule has 0 saturated heterocycles. The molecule has 2 bridgehead atoms. The van der Waals surface area contributed by atoms with Crippen molar-refractivity contribution in [1.82, 2.24) is 0 Å². The van der Waals surface area contributed by atoms with Gasteiger partial charge in [0.05, 0.1) is 0 Å². The van der Waals surface area contributed by atoms with Crippen molar-refractivity contribution in [3.63, 3.8) is 0 Å². The molecule has 0 nitrogen and oxygen atoms in total. The summed E-state index contributed by atoms with van der Waals surface area (Å²) in [4.78, 5) is 0. The molecule has 4 aliphatic rings. The molecule has 0 aromatic carbocycles. The van der Waals surface area contributed by atoms with Crippen LogP contribution in [0.1, 0.15) is 0 Å². The quantitative estimate of drug-likeness (QED) is 0.380. The van der Waals surface area contributed by atoms with Crippen LogP contribution >= 0.6 is 0 Å². The van der Waals surface area contributed by atoms with Crippen molar-refractivity contribution in [2.75, 3.05) is 0 Å². The molecule has 0 aromatic heterocycles. The Bertz CT molecular complexity index is 111. The van der Waals surface area contributed by atoms with Gasteiger partial charge >= 0.3 is 0 Å². The lowest BCUT2D eigenvalue weighted by atomic mass is 10.2. The topological polar surface area (TPSA) is 0 Å². The van der Waals surface area contributed by atoms with Gasteiger partial charge in [-0.1, -0.05) is 12.2 Å². The van der Waals surface area contributed by atoms with Gasteiger partial charge in [0.25, 0.3) is 0 Å². The number of allylic oxidation sites excluding steroid dienone is 2. The standard InChI is InChI=1S/C6H6/c1-2-4-5-3(1)6(4)5/h1-6H. The van der Waals surface area contributed by atoms with E-state index in [1.165, 1.54) is 11.8 Å². The Labute approximate surface area is 36.9 Å². The van der Waals surface area contributed by atoms with Gasteiger partial charge in [0.2, 0.25) is 0 Å². The van der Waals surface area contributed by atoms with Gasteiger partial charge in [0.15, 0.2) is 0 Å². The Morgan fingerprint density at radius 1 is 0.833 bits per heavy atom. The van der Waals surface area contributed by atoms with E-state index in [9.17, 15) is 0 Å². The van der Waals surface area contributed by atoms with Crippen LogP contribution in [0.2, 0.25) is 0 Å². The van der Waals surface area contributed by atoms with Crippen LogP contribution in [0.4, 0.5) is 0 Å². The highest BCUT2D eigenvalue weighted by Crippen LogP contribution is 2.78. The monoisotopic (exact) mass is 78.0 g/mol. The van der Waals surface area contributed by atoms with E-state index in [0.717, 1.165) is 11.8 Å². The Morgan fingerprint density at radius 3 is 1.50 bits per heavy atom. The first-order valence-electron chi connectivity index (χ1n) is 2.67. The summed E-state index contributed by atoms with van der Waals surface area (Å²) in [7, 11) is 0. The summed E-state index contributed by atoms with van der Waals surface area (Å²) in [6.45, 7) is 0. The first-order chi connectivity index (χ1) is 2.98. The summed E-state index contributed by atoms with van der Waals surface area (Å²) in [5, 5.41) is 0. The van der Waals surface area contributed by atoms with Crippen LogP contribution in [0.5, 0.6) is 0 Å². The van der Waals surface area contributed by atoms with Crippen LogP contribution < -0.4 is 0 Å². The van der Waals surface area contributed by atoms with Crippen molar-refractivity contribution in [3.05, 3.63) is 12.2 Å². The van der Waals surface area contributed by atoms with Crippen LogP contribution in [-0.4, -0.2) is 0 Å². The van der Waals surface area contributed by atoms with Gasteiger partial charge < -0.3 is 0 Å². The van der Waals surface area contributed by atoms with Crippen LogP contribution in [0.3, 0.4) is 0 Å². The Balaban J connectivity index is 2.35. The lowest BCUT2D eigenvalue weighted by Gasteiger charge is -1.84. The van der Waals surface area contributed by atoms with E-state index in [0.29, 0.717) is 0 Å². The molecule has 4 aliphatic carbocycles. The van der Waals surface area contributed by atoms with Gasteiger partial charge in [-0.3, -0.25) is 0 Å². The van der Waals surface area contributed by atoms with Gasteiger partial charge in [-0.15, -0.1) is 0 Å². The van der Waals surface area contributed by atoms with E-state index in [4.69, 9.17) is 0 Å². The minimum absolute atomic E-state index is 1.09. The zero-order valence-corrected chi connectivity index (χ0v) is 3.46. The molecule has 0 N–H and O–H groups in total.